The van der Waals surface area contributed by atoms with E-state index < -0.39 is 12.0 Å². The van der Waals surface area contributed by atoms with Crippen LogP contribution in [0.4, 0.5) is 10.5 Å². The van der Waals surface area contributed by atoms with Crippen LogP contribution in [0.15, 0.2) is 84.9 Å². The Bertz CT molecular complexity index is 1090. The minimum Gasteiger partial charge on any atom is -0.481 e. The van der Waals surface area contributed by atoms with Gasteiger partial charge >= 0.3 is 12.0 Å². The Morgan fingerprint density at radius 3 is 1.82 bits per heavy atom. The molecule has 34 heavy (non-hydrogen) atoms. The van der Waals surface area contributed by atoms with Crippen molar-refractivity contribution >= 4 is 23.6 Å². The number of carbonyl (C=O) groups is 3. The molecule has 174 valence electrons. The second kappa shape index (κ2) is 10.7. The summed E-state index contributed by atoms with van der Waals surface area (Å²) in [5.74, 6) is -1.06. The number of hydrogen-bond donors (Lipinski definition) is 3. The molecule has 4 rings (SSSR count). The Balaban J connectivity index is 1.42. The van der Waals surface area contributed by atoms with Crippen LogP contribution in [0.2, 0.25) is 0 Å². The SMILES string of the molecule is O=C(O)Cc1ccc(NC(=O)NCC(=O)N2[C@@H](c3ccccc3)CC[C@H]2c2ccccc2)cc1. The van der Waals surface area contributed by atoms with Crippen molar-refractivity contribution in [2.24, 2.45) is 0 Å². The highest BCUT2D eigenvalue weighted by molar-refractivity contribution is 5.92. The number of urea groups is 1. The molecule has 2 atom stereocenters. The summed E-state index contributed by atoms with van der Waals surface area (Å²) in [6.07, 6.45) is 1.62. The average Bonchev–Trinajstić information content (AvgIpc) is 3.30. The van der Waals surface area contributed by atoms with Crippen molar-refractivity contribution in [3.63, 3.8) is 0 Å². The maximum Gasteiger partial charge on any atom is 0.319 e. The standard InChI is InChI=1S/C27H27N3O4/c31-25(18-28-27(34)29-22-13-11-19(12-14-22)17-26(32)33)30-23(20-7-3-1-4-8-20)15-16-24(30)21-9-5-2-6-10-21/h1-14,23-24H,15-18H2,(H,32,33)(H2,28,29,34)/t23-,24+. The van der Waals surface area contributed by atoms with E-state index >= 15 is 0 Å². The van der Waals surface area contributed by atoms with Crippen LogP contribution in [0.1, 0.15) is 41.6 Å². The van der Waals surface area contributed by atoms with E-state index in [1.54, 1.807) is 24.3 Å². The van der Waals surface area contributed by atoms with Gasteiger partial charge in [0.05, 0.1) is 25.0 Å². The second-order valence-electron chi connectivity index (χ2n) is 8.31. The van der Waals surface area contributed by atoms with Crippen LogP contribution in [0.25, 0.3) is 0 Å². The highest BCUT2D eigenvalue weighted by Crippen LogP contribution is 2.43. The van der Waals surface area contributed by atoms with Gasteiger partial charge in [0, 0.05) is 5.69 Å². The van der Waals surface area contributed by atoms with Crippen LogP contribution in [-0.4, -0.2) is 34.5 Å². The molecule has 7 heteroatoms. The number of amides is 3. The number of aliphatic carboxylic acids is 1. The Morgan fingerprint density at radius 2 is 1.32 bits per heavy atom. The molecule has 0 aromatic heterocycles. The number of carboxylic acids is 1. The van der Waals surface area contributed by atoms with Gasteiger partial charge in [-0.15, -0.1) is 0 Å². The first-order valence-electron chi connectivity index (χ1n) is 11.3. The van der Waals surface area contributed by atoms with Crippen molar-refractivity contribution in [1.29, 1.82) is 0 Å². The molecule has 0 aliphatic carbocycles. The average molecular weight is 458 g/mol. The highest BCUT2D eigenvalue weighted by atomic mass is 16.4. The predicted octanol–water partition coefficient (Wildman–Crippen LogP) is 4.54. The fourth-order valence-corrected chi connectivity index (χ4v) is 4.47. The first kappa shape index (κ1) is 23.0. The van der Waals surface area contributed by atoms with Crippen molar-refractivity contribution in [2.45, 2.75) is 31.3 Å². The molecule has 1 heterocycles. The molecule has 1 aliphatic heterocycles. The van der Waals surface area contributed by atoms with E-state index in [1.807, 2.05) is 65.6 Å². The van der Waals surface area contributed by atoms with Gasteiger partial charge in [0.1, 0.15) is 0 Å². The lowest BCUT2D eigenvalue weighted by molar-refractivity contribution is -0.136. The van der Waals surface area contributed by atoms with Gasteiger partial charge in [-0.2, -0.15) is 0 Å². The molecule has 0 radical (unpaired) electrons. The molecule has 0 bridgehead atoms. The van der Waals surface area contributed by atoms with Crippen LogP contribution in [0.5, 0.6) is 0 Å². The summed E-state index contributed by atoms with van der Waals surface area (Å²) in [6, 6.07) is 25.9. The third-order valence-corrected chi connectivity index (χ3v) is 6.01. The quantitative estimate of drug-likeness (QED) is 0.485. The fourth-order valence-electron chi connectivity index (χ4n) is 4.47. The largest absolute Gasteiger partial charge is 0.481 e. The Morgan fingerprint density at radius 1 is 0.794 bits per heavy atom. The number of carbonyl (C=O) groups excluding carboxylic acids is 2. The van der Waals surface area contributed by atoms with Gasteiger partial charge in [0.15, 0.2) is 0 Å². The van der Waals surface area contributed by atoms with Crippen molar-refractivity contribution in [3.8, 4) is 0 Å². The summed E-state index contributed by atoms with van der Waals surface area (Å²) in [4.78, 5) is 38.5. The molecule has 3 amide bonds. The van der Waals surface area contributed by atoms with E-state index in [-0.39, 0.29) is 31.0 Å². The summed E-state index contributed by atoms with van der Waals surface area (Å²) in [5, 5.41) is 14.2. The Labute approximate surface area is 198 Å². The zero-order valence-electron chi connectivity index (χ0n) is 18.7. The van der Waals surface area contributed by atoms with Crippen LogP contribution in [0.3, 0.4) is 0 Å². The van der Waals surface area contributed by atoms with Crippen molar-refractivity contribution in [1.82, 2.24) is 10.2 Å². The summed E-state index contributed by atoms with van der Waals surface area (Å²) < 4.78 is 0. The lowest BCUT2D eigenvalue weighted by Gasteiger charge is -2.31. The molecule has 3 N–H and O–H groups in total. The number of rotatable bonds is 7. The molecular formula is C27H27N3O4. The van der Waals surface area contributed by atoms with Gasteiger partial charge in [0.2, 0.25) is 5.91 Å². The van der Waals surface area contributed by atoms with Gasteiger partial charge in [-0.3, -0.25) is 9.59 Å². The third kappa shape index (κ3) is 5.61. The Hall–Kier alpha value is -4.13. The second-order valence-corrected chi connectivity index (χ2v) is 8.31. The van der Waals surface area contributed by atoms with Gasteiger partial charge in [0.25, 0.3) is 0 Å². The lowest BCUT2D eigenvalue weighted by Crippen LogP contribution is -2.42. The summed E-state index contributed by atoms with van der Waals surface area (Å²) in [7, 11) is 0. The summed E-state index contributed by atoms with van der Waals surface area (Å²) >= 11 is 0. The molecule has 7 nitrogen and oxygen atoms in total. The molecule has 0 saturated carbocycles. The first-order chi connectivity index (χ1) is 16.5. The molecule has 0 unspecified atom stereocenters. The molecule has 1 aliphatic rings. The third-order valence-electron chi connectivity index (χ3n) is 6.01. The number of carboxylic acid groups (broad SMARTS) is 1. The maximum atomic E-state index is 13.3. The van der Waals surface area contributed by atoms with E-state index in [2.05, 4.69) is 10.6 Å². The predicted molar refractivity (Wildman–Crippen MR) is 129 cm³/mol. The zero-order chi connectivity index (χ0) is 23.9. The highest BCUT2D eigenvalue weighted by Gasteiger charge is 2.38. The number of nitrogens with one attached hydrogen (secondary N) is 2. The Kier molecular flexibility index (Phi) is 7.22. The van der Waals surface area contributed by atoms with Gasteiger partial charge in [-0.05, 0) is 41.7 Å². The molecule has 0 spiro atoms. The van der Waals surface area contributed by atoms with Crippen LogP contribution >= 0.6 is 0 Å². The number of nitrogens with zero attached hydrogens (tertiary/aromatic N) is 1. The number of likely N-dealkylation sites (tertiary alicyclic amines) is 1. The van der Waals surface area contributed by atoms with Crippen LogP contribution in [-0.2, 0) is 16.0 Å². The van der Waals surface area contributed by atoms with E-state index in [0.29, 0.717) is 11.3 Å². The molecule has 1 fully saturated rings. The van der Waals surface area contributed by atoms with Gasteiger partial charge in [-0.25, -0.2) is 4.79 Å². The minimum atomic E-state index is -0.915. The monoisotopic (exact) mass is 457 g/mol. The molecular weight excluding hydrogens is 430 g/mol. The van der Waals surface area contributed by atoms with Crippen LogP contribution in [0, 0.1) is 0 Å². The van der Waals surface area contributed by atoms with E-state index in [4.69, 9.17) is 5.11 Å². The maximum absolute atomic E-state index is 13.3. The van der Waals surface area contributed by atoms with Crippen molar-refractivity contribution < 1.29 is 19.5 Å². The first-order valence-corrected chi connectivity index (χ1v) is 11.3. The van der Waals surface area contributed by atoms with E-state index in [1.165, 1.54) is 0 Å². The van der Waals surface area contributed by atoms with E-state index in [9.17, 15) is 14.4 Å². The number of hydrogen-bond acceptors (Lipinski definition) is 3. The van der Waals surface area contributed by atoms with Crippen molar-refractivity contribution in [3.05, 3.63) is 102 Å². The smallest absolute Gasteiger partial charge is 0.319 e. The normalized spacial score (nSPS) is 17.2. The molecule has 3 aromatic carbocycles. The topological polar surface area (TPSA) is 98.7 Å². The number of benzene rings is 3. The summed E-state index contributed by atoms with van der Waals surface area (Å²) in [5.41, 5.74) is 3.33. The fraction of sp³-hybridized carbons (Fsp3) is 0.222. The summed E-state index contributed by atoms with van der Waals surface area (Å²) in [6.45, 7) is -0.129. The van der Waals surface area contributed by atoms with Gasteiger partial charge in [-0.1, -0.05) is 72.8 Å². The van der Waals surface area contributed by atoms with Gasteiger partial charge < -0.3 is 20.6 Å². The van der Waals surface area contributed by atoms with E-state index in [0.717, 1.165) is 24.0 Å². The minimum absolute atomic E-state index is 0.0504. The van der Waals surface area contributed by atoms with Crippen molar-refractivity contribution in [2.75, 3.05) is 11.9 Å². The van der Waals surface area contributed by atoms with Crippen LogP contribution < -0.4 is 10.6 Å². The lowest BCUT2D eigenvalue weighted by atomic mass is 10.0. The molecule has 1 saturated heterocycles. The number of anilines is 1. The zero-order valence-corrected chi connectivity index (χ0v) is 18.7. The molecule has 3 aromatic rings.